The van der Waals surface area contributed by atoms with Gasteiger partial charge in [0.1, 0.15) is 6.04 Å². The summed E-state index contributed by atoms with van der Waals surface area (Å²) in [5.74, 6) is -1.39. The molecule has 0 aromatic rings. The van der Waals surface area contributed by atoms with Crippen molar-refractivity contribution in [2.75, 3.05) is 18.9 Å². The molecule has 0 aliphatic carbocycles. The second kappa shape index (κ2) is 9.83. The largest absolute Gasteiger partial charge is 0.480 e. The summed E-state index contributed by atoms with van der Waals surface area (Å²) in [5.41, 5.74) is 0. The van der Waals surface area contributed by atoms with Gasteiger partial charge in [0, 0.05) is 24.6 Å². The van der Waals surface area contributed by atoms with Gasteiger partial charge in [0.15, 0.2) is 5.12 Å². The highest BCUT2D eigenvalue weighted by Crippen LogP contribution is 2.22. The lowest BCUT2D eigenvalue weighted by molar-refractivity contribution is -0.492. The molecule has 1 saturated heterocycles. The second-order valence-corrected chi connectivity index (χ2v) is 6.38. The van der Waals surface area contributed by atoms with E-state index >= 15 is 0 Å². The summed E-state index contributed by atoms with van der Waals surface area (Å²) in [5, 5.41) is 25.2. The number of rotatable bonds is 9. The maximum Gasteiger partial charge on any atom is 0.326 e. The Morgan fingerprint density at radius 2 is 2.09 bits per heavy atom. The molecule has 1 fully saturated rings. The summed E-state index contributed by atoms with van der Waals surface area (Å²) in [7, 11) is 0. The summed E-state index contributed by atoms with van der Waals surface area (Å²) in [4.78, 5) is 40.7. The quantitative estimate of drug-likeness (QED) is 0.407. The first-order chi connectivity index (χ1) is 10.8. The van der Waals surface area contributed by atoms with Crippen molar-refractivity contribution in [1.82, 2.24) is 10.3 Å². The molecule has 9 nitrogen and oxygen atoms in total. The van der Waals surface area contributed by atoms with Crippen LogP contribution in [0.1, 0.15) is 32.6 Å². The summed E-state index contributed by atoms with van der Waals surface area (Å²) in [6.45, 7) is 2.11. The molecule has 1 heterocycles. The molecule has 1 rings (SSSR count). The van der Waals surface area contributed by atoms with Gasteiger partial charge in [0.2, 0.25) is 5.91 Å². The van der Waals surface area contributed by atoms with Crippen molar-refractivity contribution in [3.8, 4) is 0 Å². The number of nitrogens with zero attached hydrogens (tertiary/aromatic N) is 2. The van der Waals surface area contributed by atoms with Crippen molar-refractivity contribution in [2.45, 2.75) is 38.6 Å². The van der Waals surface area contributed by atoms with Gasteiger partial charge in [-0.2, -0.15) is 0 Å². The number of aliphatic carboxylic acids is 1. The van der Waals surface area contributed by atoms with Gasteiger partial charge < -0.3 is 10.0 Å². The molecule has 0 aromatic heterocycles. The van der Waals surface area contributed by atoms with E-state index in [1.54, 1.807) is 6.92 Å². The SMILES string of the molecule is C[C@H](CSC(=O)CCCON(O)O)C(=O)N1CCC[C@H]1C(=O)O. The maximum absolute atomic E-state index is 12.3. The first kappa shape index (κ1) is 19.8. The lowest BCUT2D eigenvalue weighted by Gasteiger charge is -2.24. The van der Waals surface area contributed by atoms with Gasteiger partial charge in [0.05, 0.1) is 12.0 Å². The highest BCUT2D eigenvalue weighted by atomic mass is 32.2. The highest BCUT2D eigenvalue weighted by Gasteiger charge is 2.35. The minimum atomic E-state index is -0.992. The smallest absolute Gasteiger partial charge is 0.326 e. The van der Waals surface area contributed by atoms with Crippen LogP contribution in [0.5, 0.6) is 0 Å². The Bertz CT molecular complexity index is 433. The first-order valence-corrected chi connectivity index (χ1v) is 8.31. The third-order valence-corrected chi connectivity index (χ3v) is 4.66. The van der Waals surface area contributed by atoms with E-state index in [0.29, 0.717) is 25.8 Å². The topological polar surface area (TPSA) is 128 Å². The Morgan fingerprint density at radius 3 is 2.70 bits per heavy atom. The van der Waals surface area contributed by atoms with Crippen LogP contribution in [0.25, 0.3) is 0 Å². The van der Waals surface area contributed by atoms with Gasteiger partial charge in [0.25, 0.3) is 0 Å². The molecule has 0 spiro atoms. The number of hydrogen-bond acceptors (Lipinski definition) is 8. The number of carboxylic acid groups (broad SMARTS) is 1. The molecule has 2 atom stereocenters. The predicted molar refractivity (Wildman–Crippen MR) is 79.6 cm³/mol. The van der Waals surface area contributed by atoms with Crippen LogP contribution in [0.15, 0.2) is 0 Å². The normalized spacial score (nSPS) is 19.1. The van der Waals surface area contributed by atoms with Gasteiger partial charge in [-0.1, -0.05) is 18.7 Å². The Hall–Kier alpha value is -1.20. The average molecular weight is 350 g/mol. The molecule has 0 unspecified atom stereocenters. The standard InChI is InChI=1S/C13H22N2O7S/c1-9(8-23-11(16)5-3-7-22-15(20)21)12(17)14-6-2-4-10(14)13(18)19/h9-10,20-21H,2-8H2,1H3,(H,18,19)/t9-,10+/m1/s1. The van der Waals surface area contributed by atoms with E-state index in [2.05, 4.69) is 4.84 Å². The lowest BCUT2D eigenvalue weighted by atomic mass is 10.1. The third-order valence-electron chi connectivity index (χ3n) is 3.47. The lowest BCUT2D eigenvalue weighted by Crippen LogP contribution is -2.43. The van der Waals surface area contributed by atoms with E-state index in [1.807, 2.05) is 0 Å². The third kappa shape index (κ3) is 6.83. The Labute approximate surface area is 138 Å². The second-order valence-electron chi connectivity index (χ2n) is 5.30. The zero-order valence-electron chi connectivity index (χ0n) is 12.9. The summed E-state index contributed by atoms with van der Waals surface area (Å²) in [6, 6.07) is -0.761. The Kier molecular flexibility index (Phi) is 8.48. The maximum atomic E-state index is 12.3. The van der Waals surface area contributed by atoms with Crippen molar-refractivity contribution >= 4 is 28.8 Å². The molecule has 0 saturated carbocycles. The Morgan fingerprint density at radius 1 is 1.39 bits per heavy atom. The van der Waals surface area contributed by atoms with Crippen molar-refractivity contribution in [3.63, 3.8) is 0 Å². The molecule has 0 aromatic carbocycles. The molecule has 10 heteroatoms. The van der Waals surface area contributed by atoms with Crippen LogP contribution in [0, 0.1) is 5.92 Å². The van der Waals surface area contributed by atoms with Crippen LogP contribution in [0.2, 0.25) is 0 Å². The minimum absolute atomic E-state index is 0.0121. The van der Waals surface area contributed by atoms with Crippen LogP contribution in [0.4, 0.5) is 0 Å². The van der Waals surface area contributed by atoms with E-state index in [4.69, 9.17) is 15.5 Å². The number of amides is 1. The zero-order valence-corrected chi connectivity index (χ0v) is 13.7. The monoisotopic (exact) mass is 350 g/mol. The van der Waals surface area contributed by atoms with Crippen LogP contribution in [-0.4, -0.2) is 67.7 Å². The number of likely N-dealkylation sites (tertiary alicyclic amines) is 1. The van der Waals surface area contributed by atoms with Gasteiger partial charge in [-0.05, 0) is 19.3 Å². The van der Waals surface area contributed by atoms with E-state index in [-0.39, 0.29) is 29.8 Å². The van der Waals surface area contributed by atoms with Gasteiger partial charge in [-0.15, -0.1) is 0 Å². The molecule has 1 aliphatic heterocycles. The molecular formula is C13H22N2O7S. The van der Waals surface area contributed by atoms with Crippen LogP contribution in [-0.2, 0) is 19.2 Å². The molecule has 1 aliphatic rings. The fourth-order valence-corrected chi connectivity index (χ4v) is 3.16. The van der Waals surface area contributed by atoms with Gasteiger partial charge in [-0.3, -0.25) is 24.8 Å². The van der Waals surface area contributed by atoms with Crippen LogP contribution < -0.4 is 0 Å². The van der Waals surface area contributed by atoms with E-state index in [1.165, 1.54) is 4.90 Å². The summed E-state index contributed by atoms with van der Waals surface area (Å²) >= 11 is 1.01. The average Bonchev–Trinajstić information content (AvgIpc) is 2.97. The van der Waals surface area contributed by atoms with Crippen molar-refractivity contribution in [3.05, 3.63) is 0 Å². The number of carbonyl (C=O) groups excluding carboxylic acids is 2. The predicted octanol–water partition coefficient (Wildman–Crippen LogP) is 0.750. The van der Waals surface area contributed by atoms with E-state index < -0.39 is 23.3 Å². The van der Waals surface area contributed by atoms with Crippen molar-refractivity contribution < 1.29 is 34.7 Å². The fraction of sp³-hybridized carbons (Fsp3) is 0.769. The molecule has 23 heavy (non-hydrogen) atoms. The molecule has 1 amide bonds. The molecule has 0 bridgehead atoms. The highest BCUT2D eigenvalue weighted by molar-refractivity contribution is 8.13. The number of hydrogen-bond donors (Lipinski definition) is 3. The van der Waals surface area contributed by atoms with E-state index in [0.717, 1.165) is 11.8 Å². The molecular weight excluding hydrogens is 328 g/mol. The van der Waals surface area contributed by atoms with Crippen LogP contribution in [0.3, 0.4) is 0 Å². The van der Waals surface area contributed by atoms with Gasteiger partial charge in [-0.25, -0.2) is 4.79 Å². The minimum Gasteiger partial charge on any atom is -0.480 e. The summed E-state index contributed by atoms with van der Waals surface area (Å²) < 4.78 is 0. The number of carboxylic acids is 1. The summed E-state index contributed by atoms with van der Waals surface area (Å²) in [6.07, 6.45) is 1.64. The molecule has 3 N–H and O–H groups in total. The zero-order chi connectivity index (χ0) is 17.4. The molecule has 0 radical (unpaired) electrons. The van der Waals surface area contributed by atoms with Crippen LogP contribution >= 0.6 is 11.8 Å². The van der Waals surface area contributed by atoms with Gasteiger partial charge >= 0.3 is 5.97 Å². The van der Waals surface area contributed by atoms with Crippen molar-refractivity contribution in [2.24, 2.45) is 5.92 Å². The number of carbonyl (C=O) groups is 3. The molecule has 132 valence electrons. The first-order valence-electron chi connectivity index (χ1n) is 7.32. The van der Waals surface area contributed by atoms with E-state index in [9.17, 15) is 14.4 Å². The number of thioether (sulfide) groups is 1. The Balaban J connectivity index is 2.29. The fourth-order valence-electron chi connectivity index (χ4n) is 2.29. The van der Waals surface area contributed by atoms with Crippen molar-refractivity contribution in [1.29, 1.82) is 0 Å².